The molecular weight excluding hydrogens is 410 g/mol. The fourth-order valence-electron chi connectivity index (χ4n) is 3.25. The fraction of sp³-hybridized carbons (Fsp3) is 0.286. The molecule has 30 heavy (non-hydrogen) atoms. The van der Waals surface area contributed by atoms with Crippen molar-refractivity contribution in [3.63, 3.8) is 0 Å². The molecule has 1 saturated heterocycles. The molecule has 0 saturated carbocycles. The highest BCUT2D eigenvalue weighted by Gasteiger charge is 2.24. The first kappa shape index (κ1) is 20.3. The van der Waals surface area contributed by atoms with Crippen LogP contribution in [0.2, 0.25) is 0 Å². The second-order valence-electron chi connectivity index (χ2n) is 6.83. The van der Waals surface area contributed by atoms with Gasteiger partial charge >= 0.3 is 0 Å². The number of halogens is 2. The van der Waals surface area contributed by atoms with Gasteiger partial charge in [0, 0.05) is 37.8 Å². The van der Waals surface area contributed by atoms with E-state index in [0.29, 0.717) is 47.3 Å². The third-order valence-corrected chi connectivity index (χ3v) is 5.91. The van der Waals surface area contributed by atoms with Crippen LogP contribution in [-0.2, 0) is 4.74 Å². The van der Waals surface area contributed by atoms with E-state index >= 15 is 0 Å². The summed E-state index contributed by atoms with van der Waals surface area (Å²) in [5.41, 5.74) is 0.881. The number of rotatable bonds is 5. The largest absolute Gasteiger partial charge is 0.379 e. The molecule has 2 heterocycles. The average molecular weight is 428 g/mol. The van der Waals surface area contributed by atoms with E-state index in [2.05, 4.69) is 9.88 Å². The summed E-state index contributed by atoms with van der Waals surface area (Å²) in [4.78, 5) is 21.2. The number of ether oxygens (including phenoxy) is 1. The zero-order chi connectivity index (χ0) is 21.1. The second-order valence-corrected chi connectivity index (χ2v) is 7.84. The van der Waals surface area contributed by atoms with Crippen LogP contribution in [-0.4, -0.2) is 55.2 Å². The molecule has 1 fully saturated rings. The molecule has 9 heteroatoms. The molecule has 6 nitrogen and oxygen atoms in total. The number of nitriles is 1. The fourth-order valence-corrected chi connectivity index (χ4v) is 4.28. The normalized spacial score (nSPS) is 14.6. The van der Waals surface area contributed by atoms with Crippen molar-refractivity contribution in [3.8, 4) is 6.07 Å². The minimum Gasteiger partial charge on any atom is -0.379 e. The van der Waals surface area contributed by atoms with E-state index in [1.807, 2.05) is 6.07 Å². The maximum absolute atomic E-state index is 14.2. The minimum absolute atomic E-state index is 0.0420. The molecule has 0 bridgehead atoms. The summed E-state index contributed by atoms with van der Waals surface area (Å²) in [5, 5.41) is 9.28. The molecule has 0 spiro atoms. The number of carbonyl (C=O) groups is 1. The van der Waals surface area contributed by atoms with Crippen LogP contribution in [0, 0.1) is 23.0 Å². The van der Waals surface area contributed by atoms with Crippen LogP contribution in [0.4, 0.5) is 13.9 Å². The molecule has 2 aromatic carbocycles. The molecule has 4 rings (SSSR count). The summed E-state index contributed by atoms with van der Waals surface area (Å²) in [7, 11) is 0. The lowest BCUT2D eigenvalue weighted by Gasteiger charge is -2.29. The van der Waals surface area contributed by atoms with E-state index < -0.39 is 11.6 Å². The standard InChI is InChI=1S/C21H18F2N4O2S/c22-16-11-17(23)19-18(12-16)30-21(25-19)27(6-5-26-7-9-29-10-8-26)20(28)15-3-1-14(13-24)2-4-15/h1-4,11-12H,5-10H2. The number of fused-ring (bicyclic) bond motifs is 1. The number of hydrogen-bond acceptors (Lipinski definition) is 6. The second kappa shape index (κ2) is 8.83. The maximum Gasteiger partial charge on any atom is 0.260 e. The van der Waals surface area contributed by atoms with Crippen LogP contribution in [0.1, 0.15) is 15.9 Å². The molecule has 0 N–H and O–H groups in total. The van der Waals surface area contributed by atoms with Crippen molar-refractivity contribution in [2.75, 3.05) is 44.3 Å². The molecule has 154 valence electrons. The summed E-state index contributed by atoms with van der Waals surface area (Å²) in [6.07, 6.45) is 0. The quantitative estimate of drug-likeness (QED) is 0.623. The van der Waals surface area contributed by atoms with Gasteiger partial charge in [-0.25, -0.2) is 13.8 Å². The molecule has 3 aromatic rings. The summed E-state index contributed by atoms with van der Waals surface area (Å²) in [6.45, 7) is 3.72. The van der Waals surface area contributed by atoms with Crippen molar-refractivity contribution in [3.05, 3.63) is 59.2 Å². The molecule has 0 radical (unpaired) electrons. The summed E-state index contributed by atoms with van der Waals surface area (Å²) in [5.74, 6) is -1.76. The van der Waals surface area contributed by atoms with Crippen molar-refractivity contribution >= 4 is 32.6 Å². The molecular formula is C21H18F2N4O2S. The predicted molar refractivity (Wildman–Crippen MR) is 110 cm³/mol. The van der Waals surface area contributed by atoms with Crippen LogP contribution in [0.25, 0.3) is 10.2 Å². The first-order valence-electron chi connectivity index (χ1n) is 9.43. The number of thiazole rings is 1. The van der Waals surface area contributed by atoms with Crippen LogP contribution in [0.15, 0.2) is 36.4 Å². The number of aromatic nitrogens is 1. The highest BCUT2D eigenvalue weighted by atomic mass is 32.1. The first-order valence-corrected chi connectivity index (χ1v) is 10.2. The van der Waals surface area contributed by atoms with Crippen molar-refractivity contribution in [2.45, 2.75) is 0 Å². The Morgan fingerprint density at radius 3 is 2.67 bits per heavy atom. The number of morpholine rings is 1. The Kier molecular flexibility index (Phi) is 5.99. The maximum atomic E-state index is 14.2. The average Bonchev–Trinajstić information content (AvgIpc) is 3.18. The monoisotopic (exact) mass is 428 g/mol. The number of carbonyl (C=O) groups excluding carboxylic acids is 1. The highest BCUT2D eigenvalue weighted by Crippen LogP contribution is 2.32. The van der Waals surface area contributed by atoms with Crippen LogP contribution >= 0.6 is 11.3 Å². The molecule has 1 aromatic heterocycles. The van der Waals surface area contributed by atoms with E-state index in [4.69, 9.17) is 10.00 Å². The van der Waals surface area contributed by atoms with Gasteiger partial charge in [-0.3, -0.25) is 14.6 Å². The van der Waals surface area contributed by atoms with Gasteiger partial charge in [-0.2, -0.15) is 5.26 Å². The molecule has 1 amide bonds. The lowest BCUT2D eigenvalue weighted by molar-refractivity contribution is 0.0391. The number of benzene rings is 2. The van der Waals surface area contributed by atoms with E-state index in [1.54, 1.807) is 24.3 Å². The smallest absolute Gasteiger partial charge is 0.260 e. The highest BCUT2D eigenvalue weighted by molar-refractivity contribution is 7.22. The number of amides is 1. The molecule has 1 aliphatic heterocycles. The lowest BCUT2D eigenvalue weighted by Crippen LogP contribution is -2.43. The number of anilines is 1. The summed E-state index contributed by atoms with van der Waals surface area (Å²) in [6, 6.07) is 10.3. The van der Waals surface area contributed by atoms with Gasteiger partial charge in [0.05, 0.1) is 29.5 Å². The van der Waals surface area contributed by atoms with Gasteiger partial charge in [-0.15, -0.1) is 0 Å². The summed E-state index contributed by atoms with van der Waals surface area (Å²) < 4.78 is 33.5. The van der Waals surface area contributed by atoms with Crippen molar-refractivity contribution in [1.82, 2.24) is 9.88 Å². The Hall–Kier alpha value is -2.93. The van der Waals surface area contributed by atoms with Gasteiger partial charge in [0.25, 0.3) is 5.91 Å². The third kappa shape index (κ3) is 4.31. The van der Waals surface area contributed by atoms with Crippen LogP contribution in [0.3, 0.4) is 0 Å². The van der Waals surface area contributed by atoms with E-state index in [9.17, 15) is 13.6 Å². The Morgan fingerprint density at radius 1 is 1.23 bits per heavy atom. The van der Waals surface area contributed by atoms with Gasteiger partial charge in [-0.05, 0) is 30.3 Å². The van der Waals surface area contributed by atoms with E-state index in [-0.39, 0.29) is 11.4 Å². The predicted octanol–water partition coefficient (Wildman–Crippen LogP) is 3.43. The van der Waals surface area contributed by atoms with E-state index in [1.165, 1.54) is 11.0 Å². The molecule has 0 unspecified atom stereocenters. The lowest BCUT2D eigenvalue weighted by atomic mass is 10.1. The third-order valence-electron chi connectivity index (χ3n) is 4.88. The van der Waals surface area contributed by atoms with Gasteiger partial charge in [0.2, 0.25) is 0 Å². The molecule has 0 atom stereocenters. The Morgan fingerprint density at radius 2 is 1.97 bits per heavy atom. The molecule has 0 aliphatic carbocycles. The number of nitrogens with zero attached hydrogens (tertiary/aromatic N) is 4. The Labute approximate surface area is 175 Å². The van der Waals surface area contributed by atoms with Crippen LogP contribution in [0.5, 0.6) is 0 Å². The van der Waals surface area contributed by atoms with Crippen molar-refractivity contribution < 1.29 is 18.3 Å². The SMILES string of the molecule is N#Cc1ccc(C(=O)N(CCN2CCOCC2)c2nc3c(F)cc(F)cc3s2)cc1. The number of hydrogen-bond donors (Lipinski definition) is 0. The van der Waals surface area contributed by atoms with Gasteiger partial charge in [-0.1, -0.05) is 11.3 Å². The summed E-state index contributed by atoms with van der Waals surface area (Å²) >= 11 is 1.07. The van der Waals surface area contributed by atoms with Gasteiger partial charge < -0.3 is 4.74 Å². The van der Waals surface area contributed by atoms with Gasteiger partial charge in [0.1, 0.15) is 11.3 Å². The molecule has 1 aliphatic rings. The van der Waals surface area contributed by atoms with Gasteiger partial charge in [0.15, 0.2) is 10.9 Å². The first-order chi connectivity index (χ1) is 14.5. The van der Waals surface area contributed by atoms with Crippen molar-refractivity contribution in [1.29, 1.82) is 5.26 Å². The Bertz CT molecular complexity index is 1100. The topological polar surface area (TPSA) is 69.5 Å². The zero-order valence-corrected chi connectivity index (χ0v) is 16.8. The minimum atomic E-state index is -0.758. The zero-order valence-electron chi connectivity index (χ0n) is 16.0. The van der Waals surface area contributed by atoms with Crippen molar-refractivity contribution in [2.24, 2.45) is 0 Å². The van der Waals surface area contributed by atoms with Crippen LogP contribution < -0.4 is 4.90 Å². The van der Waals surface area contributed by atoms with E-state index in [0.717, 1.165) is 30.5 Å². The Balaban J connectivity index is 1.66.